The number of fused-ring (bicyclic) bond motifs is 1. The van der Waals surface area contributed by atoms with E-state index in [1.807, 2.05) is 35.4 Å². The number of carbonyl (C=O) groups excluding carboxylic acids is 1. The number of rotatable bonds is 6. The summed E-state index contributed by atoms with van der Waals surface area (Å²) in [5.41, 5.74) is 3.21. The first-order valence-electron chi connectivity index (χ1n) is 13.7. The van der Waals surface area contributed by atoms with Gasteiger partial charge >= 0.3 is 0 Å². The van der Waals surface area contributed by atoms with Crippen LogP contribution in [0.4, 0.5) is 17.3 Å². The molecule has 6 rings (SSSR count). The lowest BCUT2D eigenvalue weighted by Crippen LogP contribution is -2.61. The number of hydrogen-bond donors (Lipinski definition) is 2. The molecule has 0 unspecified atom stereocenters. The number of nitrogens with one attached hydrogen (secondary N) is 2. The molecule has 1 saturated carbocycles. The highest BCUT2D eigenvalue weighted by Gasteiger charge is 2.30. The Morgan fingerprint density at radius 1 is 0.973 bits per heavy atom. The largest absolute Gasteiger partial charge is 0.369 e. The number of piperazine rings is 1. The van der Waals surface area contributed by atoms with Gasteiger partial charge in [-0.1, -0.05) is 18.2 Å². The van der Waals surface area contributed by atoms with Crippen LogP contribution in [0.15, 0.2) is 54.7 Å². The molecular formula is C29H37N7O. The summed E-state index contributed by atoms with van der Waals surface area (Å²) < 4.78 is 0. The molecule has 2 aromatic carbocycles. The monoisotopic (exact) mass is 499 g/mol. The smallest absolute Gasteiger partial charge is 0.224 e. The third-order valence-electron chi connectivity index (χ3n) is 8.31. The lowest BCUT2D eigenvalue weighted by Gasteiger charge is -2.44. The summed E-state index contributed by atoms with van der Waals surface area (Å²) in [6.45, 7) is 8.31. The number of amides is 1. The molecule has 2 saturated heterocycles. The highest BCUT2D eigenvalue weighted by molar-refractivity contribution is 5.92. The molecule has 8 heteroatoms. The van der Waals surface area contributed by atoms with Crippen LogP contribution in [0.2, 0.25) is 0 Å². The summed E-state index contributed by atoms with van der Waals surface area (Å²) in [6.07, 6.45) is 5.78. The van der Waals surface area contributed by atoms with Gasteiger partial charge in [-0.2, -0.15) is 0 Å². The SMILES string of the molecule is CC(=O)N(c1ccc(N2CCN(C3CNC3)CC2)cc1)C1CCC(Nc2ncc3ccccc3n2)CC1. The fourth-order valence-electron chi connectivity index (χ4n) is 6.05. The van der Waals surface area contributed by atoms with Gasteiger partial charge < -0.3 is 20.4 Å². The first-order chi connectivity index (χ1) is 18.1. The van der Waals surface area contributed by atoms with Gasteiger partial charge in [-0.05, 0) is 56.0 Å². The zero-order chi connectivity index (χ0) is 25.2. The predicted molar refractivity (Wildman–Crippen MR) is 149 cm³/mol. The predicted octanol–water partition coefficient (Wildman–Crippen LogP) is 3.50. The molecule has 0 atom stereocenters. The van der Waals surface area contributed by atoms with E-state index in [2.05, 4.69) is 54.7 Å². The molecule has 0 spiro atoms. The summed E-state index contributed by atoms with van der Waals surface area (Å²) in [4.78, 5) is 29.0. The molecule has 2 N–H and O–H groups in total. The van der Waals surface area contributed by atoms with E-state index in [-0.39, 0.29) is 11.9 Å². The maximum absolute atomic E-state index is 12.7. The van der Waals surface area contributed by atoms with Crippen molar-refractivity contribution >= 4 is 34.1 Å². The number of carbonyl (C=O) groups is 1. The molecule has 3 aliphatic rings. The van der Waals surface area contributed by atoms with Crippen LogP contribution < -0.4 is 20.4 Å². The van der Waals surface area contributed by atoms with Gasteiger partial charge in [-0.25, -0.2) is 9.97 Å². The van der Waals surface area contributed by atoms with Gasteiger partial charge in [0.2, 0.25) is 11.9 Å². The Morgan fingerprint density at radius 3 is 2.38 bits per heavy atom. The first kappa shape index (κ1) is 24.1. The fraction of sp³-hybridized carbons (Fsp3) is 0.483. The van der Waals surface area contributed by atoms with Crippen LogP contribution in [-0.2, 0) is 4.79 Å². The Bertz CT molecular complexity index is 1210. The van der Waals surface area contributed by atoms with E-state index in [0.717, 1.165) is 87.6 Å². The Hall–Kier alpha value is -3.23. The van der Waals surface area contributed by atoms with Gasteiger partial charge in [-0.3, -0.25) is 9.69 Å². The van der Waals surface area contributed by atoms with Crippen molar-refractivity contribution in [1.29, 1.82) is 0 Å². The molecule has 1 aliphatic carbocycles. The number of hydrogen-bond acceptors (Lipinski definition) is 7. The van der Waals surface area contributed by atoms with E-state index in [0.29, 0.717) is 12.0 Å². The van der Waals surface area contributed by atoms with Crippen LogP contribution in [0.3, 0.4) is 0 Å². The second-order valence-corrected chi connectivity index (χ2v) is 10.6. The molecular weight excluding hydrogens is 462 g/mol. The summed E-state index contributed by atoms with van der Waals surface area (Å²) >= 11 is 0. The zero-order valence-electron chi connectivity index (χ0n) is 21.6. The first-order valence-corrected chi connectivity index (χ1v) is 13.7. The van der Waals surface area contributed by atoms with E-state index >= 15 is 0 Å². The van der Waals surface area contributed by atoms with Crippen molar-refractivity contribution < 1.29 is 4.79 Å². The van der Waals surface area contributed by atoms with Crippen molar-refractivity contribution in [2.24, 2.45) is 0 Å². The second kappa shape index (κ2) is 10.6. The molecule has 1 aromatic heterocycles. The molecule has 0 radical (unpaired) electrons. The maximum Gasteiger partial charge on any atom is 0.224 e. The highest BCUT2D eigenvalue weighted by atomic mass is 16.2. The number of anilines is 3. The molecule has 3 aromatic rings. The van der Waals surface area contributed by atoms with Gasteiger partial charge in [-0.15, -0.1) is 0 Å². The van der Waals surface area contributed by atoms with E-state index in [1.165, 1.54) is 5.69 Å². The van der Waals surface area contributed by atoms with Crippen molar-refractivity contribution in [2.45, 2.75) is 50.7 Å². The fourth-order valence-corrected chi connectivity index (χ4v) is 6.05. The maximum atomic E-state index is 12.7. The van der Waals surface area contributed by atoms with Gasteiger partial charge in [0.25, 0.3) is 0 Å². The third kappa shape index (κ3) is 5.26. The topological polar surface area (TPSA) is 76.6 Å². The molecule has 3 fully saturated rings. The van der Waals surface area contributed by atoms with Crippen LogP contribution in [0.25, 0.3) is 10.9 Å². The van der Waals surface area contributed by atoms with Crippen molar-refractivity contribution in [2.75, 3.05) is 54.4 Å². The summed E-state index contributed by atoms with van der Waals surface area (Å²) in [5, 5.41) is 7.95. The average Bonchev–Trinajstić information content (AvgIpc) is 2.89. The van der Waals surface area contributed by atoms with Gasteiger partial charge in [0.1, 0.15) is 0 Å². The zero-order valence-corrected chi connectivity index (χ0v) is 21.6. The van der Waals surface area contributed by atoms with Gasteiger partial charge in [0.15, 0.2) is 0 Å². The minimum atomic E-state index is 0.116. The molecule has 3 heterocycles. The van der Waals surface area contributed by atoms with Crippen LogP contribution >= 0.6 is 0 Å². The van der Waals surface area contributed by atoms with E-state index < -0.39 is 0 Å². The summed E-state index contributed by atoms with van der Waals surface area (Å²) in [7, 11) is 0. The van der Waals surface area contributed by atoms with Crippen LogP contribution in [0.1, 0.15) is 32.6 Å². The highest BCUT2D eigenvalue weighted by Crippen LogP contribution is 2.31. The lowest BCUT2D eigenvalue weighted by atomic mass is 9.89. The van der Waals surface area contributed by atoms with Crippen molar-refractivity contribution in [3.05, 3.63) is 54.7 Å². The number of benzene rings is 2. The van der Waals surface area contributed by atoms with Crippen LogP contribution in [0.5, 0.6) is 0 Å². The minimum absolute atomic E-state index is 0.116. The molecule has 194 valence electrons. The van der Waals surface area contributed by atoms with Gasteiger partial charge in [0, 0.05) is 87.3 Å². The normalized spacial score (nSPS) is 23.0. The van der Waals surface area contributed by atoms with Crippen LogP contribution in [0, 0.1) is 0 Å². The molecule has 8 nitrogen and oxygen atoms in total. The molecule has 0 bridgehead atoms. The number of nitrogens with zero attached hydrogens (tertiary/aromatic N) is 5. The Balaban J connectivity index is 1.05. The third-order valence-corrected chi connectivity index (χ3v) is 8.31. The van der Waals surface area contributed by atoms with E-state index in [1.54, 1.807) is 6.92 Å². The summed E-state index contributed by atoms with van der Waals surface area (Å²) in [5.74, 6) is 0.802. The number of aromatic nitrogens is 2. The summed E-state index contributed by atoms with van der Waals surface area (Å²) in [6, 6.07) is 18.0. The Morgan fingerprint density at radius 2 is 1.70 bits per heavy atom. The van der Waals surface area contributed by atoms with Crippen LogP contribution in [-0.4, -0.2) is 78.2 Å². The molecule has 37 heavy (non-hydrogen) atoms. The quantitative estimate of drug-likeness (QED) is 0.538. The molecule has 1 amide bonds. The Labute approximate surface area is 219 Å². The minimum Gasteiger partial charge on any atom is -0.369 e. The Kier molecular flexibility index (Phi) is 6.93. The van der Waals surface area contributed by atoms with E-state index in [4.69, 9.17) is 0 Å². The number of para-hydroxylation sites is 1. The lowest BCUT2D eigenvalue weighted by molar-refractivity contribution is -0.117. The van der Waals surface area contributed by atoms with Crippen molar-refractivity contribution in [3.8, 4) is 0 Å². The van der Waals surface area contributed by atoms with Crippen molar-refractivity contribution in [3.63, 3.8) is 0 Å². The van der Waals surface area contributed by atoms with Gasteiger partial charge in [0.05, 0.1) is 5.52 Å². The molecule has 2 aliphatic heterocycles. The van der Waals surface area contributed by atoms with Crippen molar-refractivity contribution in [1.82, 2.24) is 20.2 Å². The van der Waals surface area contributed by atoms with E-state index in [9.17, 15) is 4.79 Å². The standard InChI is InChI=1S/C29H37N7O/c1-21(37)36(26-12-10-24(11-13-26)34-14-16-35(17-15-34)27-19-30-20-27)25-8-6-23(7-9-25)32-29-31-18-22-4-2-3-5-28(22)33-29/h2-5,10-13,18,23,25,27,30H,6-9,14-17,19-20H2,1H3,(H,31,32,33). The average molecular weight is 500 g/mol. The second-order valence-electron chi connectivity index (χ2n) is 10.6.